The van der Waals surface area contributed by atoms with Gasteiger partial charge in [0.1, 0.15) is 5.60 Å². The number of cyclic esters (lactones) is 1. The molecule has 0 unspecified atom stereocenters. The number of amides is 2. The summed E-state index contributed by atoms with van der Waals surface area (Å²) in [6.45, 7) is 9.48. The summed E-state index contributed by atoms with van der Waals surface area (Å²) in [5, 5.41) is -0.0631. The van der Waals surface area contributed by atoms with E-state index in [1.807, 2.05) is 34.6 Å². The fourth-order valence-electron chi connectivity index (χ4n) is 2.47. The van der Waals surface area contributed by atoms with E-state index in [1.165, 1.54) is 4.90 Å². The standard InChI is InChI=1S/C12H21NO3S/c1-7(2)10-12(4,5)16-11(15)13(10)9(14)6-8(3)17/h7-8,10,17H,6H2,1-5H3/t8-,10+/m1/s1. The van der Waals surface area contributed by atoms with E-state index in [9.17, 15) is 9.59 Å². The Bertz CT molecular complexity index is 326. The van der Waals surface area contributed by atoms with E-state index < -0.39 is 11.7 Å². The lowest BCUT2D eigenvalue weighted by Crippen LogP contribution is -2.48. The Morgan fingerprint density at radius 2 is 2.00 bits per heavy atom. The molecule has 0 N–H and O–H groups in total. The van der Waals surface area contributed by atoms with E-state index in [0.29, 0.717) is 0 Å². The Hall–Kier alpha value is -0.710. The molecule has 2 atom stereocenters. The highest BCUT2D eigenvalue weighted by Crippen LogP contribution is 2.34. The van der Waals surface area contributed by atoms with Crippen LogP contribution in [0.3, 0.4) is 0 Å². The van der Waals surface area contributed by atoms with Gasteiger partial charge in [0.25, 0.3) is 0 Å². The molecule has 2 amide bonds. The van der Waals surface area contributed by atoms with E-state index in [4.69, 9.17) is 4.74 Å². The first-order valence-electron chi connectivity index (χ1n) is 5.90. The summed E-state index contributed by atoms with van der Waals surface area (Å²) in [6.07, 6.45) is -0.287. The quantitative estimate of drug-likeness (QED) is 0.792. The molecule has 0 aromatic carbocycles. The Morgan fingerprint density at radius 1 is 1.47 bits per heavy atom. The molecule has 1 rings (SSSR count). The number of rotatable bonds is 3. The summed E-state index contributed by atoms with van der Waals surface area (Å²) in [5.74, 6) is -0.0441. The van der Waals surface area contributed by atoms with Gasteiger partial charge < -0.3 is 4.74 Å². The minimum absolute atomic E-state index is 0.0631. The van der Waals surface area contributed by atoms with Crippen molar-refractivity contribution in [3.63, 3.8) is 0 Å². The van der Waals surface area contributed by atoms with Crippen molar-refractivity contribution in [1.29, 1.82) is 0 Å². The van der Waals surface area contributed by atoms with Gasteiger partial charge in [-0.2, -0.15) is 12.6 Å². The lowest BCUT2D eigenvalue weighted by molar-refractivity contribution is -0.130. The maximum atomic E-state index is 12.0. The van der Waals surface area contributed by atoms with Crippen molar-refractivity contribution in [3.05, 3.63) is 0 Å². The number of carbonyl (C=O) groups is 2. The third kappa shape index (κ3) is 2.94. The predicted octanol–water partition coefficient (Wildman–Crippen LogP) is 2.48. The van der Waals surface area contributed by atoms with Crippen molar-refractivity contribution in [2.75, 3.05) is 0 Å². The van der Waals surface area contributed by atoms with Gasteiger partial charge in [0.15, 0.2) is 0 Å². The number of nitrogens with zero attached hydrogens (tertiary/aromatic N) is 1. The van der Waals surface area contributed by atoms with Crippen molar-refractivity contribution in [2.24, 2.45) is 5.92 Å². The summed E-state index contributed by atoms with van der Waals surface area (Å²) in [7, 11) is 0. The third-order valence-corrected chi connectivity index (χ3v) is 3.09. The lowest BCUT2D eigenvalue weighted by atomic mass is 9.89. The average Bonchev–Trinajstić information content (AvgIpc) is 2.33. The summed E-state index contributed by atoms with van der Waals surface area (Å²) in [4.78, 5) is 25.1. The maximum Gasteiger partial charge on any atom is 0.417 e. The average molecular weight is 259 g/mol. The molecule has 1 heterocycles. The first-order valence-corrected chi connectivity index (χ1v) is 6.41. The molecule has 1 saturated heterocycles. The van der Waals surface area contributed by atoms with Crippen LogP contribution < -0.4 is 0 Å². The minimum atomic E-state index is -0.624. The summed E-state index contributed by atoms with van der Waals surface area (Å²) in [6, 6.07) is -0.213. The van der Waals surface area contributed by atoms with Crippen LogP contribution in [0.4, 0.5) is 4.79 Å². The van der Waals surface area contributed by atoms with E-state index in [1.54, 1.807) is 0 Å². The van der Waals surface area contributed by atoms with Gasteiger partial charge in [-0.1, -0.05) is 20.8 Å². The molecule has 17 heavy (non-hydrogen) atoms. The molecule has 1 fully saturated rings. The fourth-order valence-corrected chi connectivity index (χ4v) is 2.62. The Balaban J connectivity index is 2.96. The molecule has 0 aromatic rings. The Morgan fingerprint density at radius 3 is 2.41 bits per heavy atom. The van der Waals surface area contributed by atoms with Crippen molar-refractivity contribution < 1.29 is 14.3 Å². The van der Waals surface area contributed by atoms with Gasteiger partial charge in [0.2, 0.25) is 5.91 Å². The van der Waals surface area contributed by atoms with Crippen LogP contribution in [0.15, 0.2) is 0 Å². The second-order valence-corrected chi connectivity index (χ2v) is 6.36. The summed E-state index contributed by atoms with van der Waals surface area (Å²) in [5.41, 5.74) is -0.624. The monoisotopic (exact) mass is 259 g/mol. The normalized spacial score (nSPS) is 25.0. The highest BCUT2D eigenvalue weighted by Gasteiger charge is 2.51. The SMILES string of the molecule is CC(C)[C@@H]1N(C(=O)C[C@@H](C)S)C(=O)OC1(C)C. The van der Waals surface area contributed by atoms with Gasteiger partial charge in [-0.25, -0.2) is 9.69 Å². The topological polar surface area (TPSA) is 46.6 Å². The molecule has 98 valence electrons. The number of carbonyl (C=O) groups excluding carboxylic acids is 2. The highest BCUT2D eigenvalue weighted by molar-refractivity contribution is 7.80. The fraction of sp³-hybridized carbons (Fsp3) is 0.833. The first-order chi connectivity index (χ1) is 7.66. The van der Waals surface area contributed by atoms with E-state index in [-0.39, 0.29) is 29.5 Å². The Kier molecular flexibility index (Phi) is 4.12. The zero-order valence-electron chi connectivity index (χ0n) is 11.1. The molecule has 0 aliphatic carbocycles. The third-order valence-electron chi connectivity index (χ3n) is 2.91. The molecule has 0 bridgehead atoms. The van der Waals surface area contributed by atoms with E-state index >= 15 is 0 Å². The van der Waals surface area contributed by atoms with Crippen LogP contribution in [-0.4, -0.2) is 33.8 Å². The smallest absolute Gasteiger partial charge is 0.417 e. The number of thiol groups is 1. The minimum Gasteiger partial charge on any atom is -0.441 e. The van der Waals surface area contributed by atoms with E-state index in [2.05, 4.69) is 12.6 Å². The van der Waals surface area contributed by atoms with Crippen LogP contribution >= 0.6 is 12.6 Å². The highest BCUT2D eigenvalue weighted by atomic mass is 32.1. The Labute approximate surface area is 108 Å². The van der Waals surface area contributed by atoms with Gasteiger partial charge in [0.05, 0.1) is 6.04 Å². The van der Waals surface area contributed by atoms with E-state index in [0.717, 1.165) is 0 Å². The molecule has 4 nitrogen and oxygen atoms in total. The molecule has 1 aliphatic heterocycles. The van der Waals surface area contributed by atoms with Crippen LogP contribution in [-0.2, 0) is 9.53 Å². The molecule has 0 spiro atoms. The van der Waals surface area contributed by atoms with Gasteiger partial charge in [-0.15, -0.1) is 0 Å². The van der Waals surface area contributed by atoms with Crippen molar-refractivity contribution in [1.82, 2.24) is 4.90 Å². The number of ether oxygens (including phenoxy) is 1. The zero-order chi connectivity index (χ0) is 13.4. The van der Waals surface area contributed by atoms with Crippen LogP contribution in [0.5, 0.6) is 0 Å². The van der Waals surface area contributed by atoms with Gasteiger partial charge in [-0.3, -0.25) is 4.79 Å². The van der Waals surface area contributed by atoms with Crippen molar-refractivity contribution in [3.8, 4) is 0 Å². The number of imide groups is 1. The van der Waals surface area contributed by atoms with Crippen molar-refractivity contribution in [2.45, 2.75) is 57.9 Å². The zero-order valence-corrected chi connectivity index (χ0v) is 12.0. The molecule has 1 aliphatic rings. The second kappa shape index (κ2) is 4.88. The second-order valence-electron chi connectivity index (χ2n) is 5.48. The summed E-state index contributed by atoms with van der Waals surface area (Å²) >= 11 is 4.18. The first kappa shape index (κ1) is 14.4. The van der Waals surface area contributed by atoms with Crippen LogP contribution in [0.25, 0.3) is 0 Å². The van der Waals surface area contributed by atoms with Gasteiger partial charge >= 0.3 is 6.09 Å². The molecular weight excluding hydrogens is 238 g/mol. The number of hydrogen-bond donors (Lipinski definition) is 1. The molecule has 0 saturated carbocycles. The van der Waals surface area contributed by atoms with Crippen LogP contribution in [0.1, 0.15) is 41.0 Å². The maximum absolute atomic E-state index is 12.0. The molecule has 5 heteroatoms. The van der Waals surface area contributed by atoms with Crippen LogP contribution in [0.2, 0.25) is 0 Å². The lowest BCUT2D eigenvalue weighted by Gasteiger charge is -2.31. The molecule has 0 radical (unpaired) electrons. The van der Waals surface area contributed by atoms with Gasteiger partial charge in [0, 0.05) is 11.7 Å². The van der Waals surface area contributed by atoms with Gasteiger partial charge in [-0.05, 0) is 19.8 Å². The van der Waals surface area contributed by atoms with Crippen molar-refractivity contribution >= 4 is 24.6 Å². The number of hydrogen-bond acceptors (Lipinski definition) is 4. The van der Waals surface area contributed by atoms with Crippen LogP contribution in [0, 0.1) is 5.92 Å². The largest absolute Gasteiger partial charge is 0.441 e. The molecule has 0 aromatic heterocycles. The molecular formula is C12H21NO3S. The predicted molar refractivity (Wildman–Crippen MR) is 69.1 cm³/mol. The summed E-state index contributed by atoms with van der Waals surface area (Å²) < 4.78 is 5.28.